The molecule has 2 bridgehead atoms. The van der Waals surface area contributed by atoms with Gasteiger partial charge in [-0.25, -0.2) is 9.59 Å². The van der Waals surface area contributed by atoms with Crippen molar-refractivity contribution >= 4 is 29.1 Å². The van der Waals surface area contributed by atoms with Crippen LogP contribution in [0.2, 0.25) is 0 Å². The highest BCUT2D eigenvalue weighted by Crippen LogP contribution is 2.39. The number of thioether (sulfide) groups is 1. The third kappa shape index (κ3) is 8.73. The van der Waals surface area contributed by atoms with E-state index in [1.807, 2.05) is 43.3 Å². The van der Waals surface area contributed by atoms with Crippen molar-refractivity contribution in [1.82, 2.24) is 10.6 Å². The molecule has 0 spiro atoms. The van der Waals surface area contributed by atoms with Crippen LogP contribution in [-0.4, -0.2) is 47.1 Å². The van der Waals surface area contributed by atoms with Crippen LogP contribution in [0.5, 0.6) is 0 Å². The van der Waals surface area contributed by atoms with Crippen molar-refractivity contribution in [2.45, 2.75) is 83.0 Å². The van der Waals surface area contributed by atoms with Gasteiger partial charge in [0.1, 0.15) is 12.1 Å². The number of benzene rings is 1. The molecule has 0 aromatic heterocycles. The van der Waals surface area contributed by atoms with E-state index in [0.29, 0.717) is 24.5 Å². The first-order valence-electron chi connectivity index (χ1n) is 13.6. The third-order valence-electron chi connectivity index (χ3n) is 7.14. The zero-order valence-corrected chi connectivity index (χ0v) is 23.4. The molecular formula is C30H38N2O6S. The molecule has 3 heterocycles. The number of carbonyl (C=O) groups is 3. The lowest BCUT2D eigenvalue weighted by Crippen LogP contribution is -2.61. The number of ether oxygens (including phenoxy) is 3. The lowest BCUT2D eigenvalue weighted by Gasteiger charge is -2.46. The number of hydrogen-bond acceptors (Lipinski definition) is 7. The monoisotopic (exact) mass is 554 g/mol. The van der Waals surface area contributed by atoms with Gasteiger partial charge in [-0.05, 0) is 44.1 Å². The highest BCUT2D eigenvalue weighted by atomic mass is 32.2. The molecular weight excluding hydrogens is 516 g/mol. The summed E-state index contributed by atoms with van der Waals surface area (Å²) in [6.45, 7) is 4.35. The fourth-order valence-corrected chi connectivity index (χ4v) is 5.92. The van der Waals surface area contributed by atoms with E-state index in [9.17, 15) is 14.4 Å². The zero-order valence-electron chi connectivity index (χ0n) is 22.6. The van der Waals surface area contributed by atoms with E-state index < -0.39 is 30.0 Å². The smallest absolute Gasteiger partial charge is 0.410 e. The van der Waals surface area contributed by atoms with Gasteiger partial charge in [-0.15, -0.1) is 0 Å². The molecule has 2 fully saturated rings. The predicted octanol–water partition coefficient (Wildman–Crippen LogP) is 5.79. The number of alkyl carbamates (subject to hydrolysis) is 1. The van der Waals surface area contributed by atoms with Crippen LogP contribution in [0.3, 0.4) is 0 Å². The number of hydrogen-bond donors (Lipinski definition) is 2. The summed E-state index contributed by atoms with van der Waals surface area (Å²) in [5.74, 6) is -1.21. The summed E-state index contributed by atoms with van der Waals surface area (Å²) in [5.41, 5.74) is 1.86. The Kier molecular flexibility index (Phi) is 10.3. The normalized spacial score (nSPS) is 33.1. The van der Waals surface area contributed by atoms with Gasteiger partial charge in [-0.2, -0.15) is 0 Å². The number of nitrogens with one attached hydrogen (secondary N) is 2. The van der Waals surface area contributed by atoms with Crippen LogP contribution in [0.25, 0.3) is 0 Å². The Morgan fingerprint density at radius 3 is 2.77 bits per heavy atom. The lowest BCUT2D eigenvalue weighted by molar-refractivity contribution is -0.281. The average molecular weight is 555 g/mol. The number of amides is 2. The van der Waals surface area contributed by atoms with Crippen LogP contribution in [-0.2, 0) is 25.5 Å². The second kappa shape index (κ2) is 13.8. The van der Waals surface area contributed by atoms with Crippen LogP contribution in [0.15, 0.2) is 66.3 Å². The van der Waals surface area contributed by atoms with Crippen LogP contribution < -0.4 is 10.6 Å². The third-order valence-corrected chi connectivity index (χ3v) is 8.02. The van der Waals surface area contributed by atoms with Crippen LogP contribution in [0.1, 0.15) is 57.9 Å². The van der Waals surface area contributed by atoms with Gasteiger partial charge in [-0.3, -0.25) is 4.79 Å². The molecule has 9 heteroatoms. The van der Waals surface area contributed by atoms with Gasteiger partial charge in [0.2, 0.25) is 5.79 Å². The topological polar surface area (TPSA) is 103 Å². The van der Waals surface area contributed by atoms with E-state index in [1.165, 1.54) is 6.08 Å². The number of esters is 1. The Hall–Kier alpha value is -3.04. The quantitative estimate of drug-likeness (QED) is 0.454. The molecule has 2 N–H and O–H groups in total. The van der Waals surface area contributed by atoms with Crippen molar-refractivity contribution in [2.24, 2.45) is 5.92 Å². The molecule has 0 unspecified atom stereocenters. The standard InChI is InChI=1S/C30H38N2O6S/c1-21-10-6-3-4-7-11-22(2)16-27(33)36-25-17-24(15-14-21)37-30(18-25,26-20-39-29(35)32-26)38-28(34)31-19-23-12-8-5-9-13-23/h3-6,8-10,12-13,16,21,24-26H,7,11,14-15,17-20H2,1-2H3,(H,31,34)(H,32,35)/b4-3+,10-6-,22-16-/t21-,24-,25-,26+,30-/m1/s1. The summed E-state index contributed by atoms with van der Waals surface area (Å²) in [7, 11) is 0. The summed E-state index contributed by atoms with van der Waals surface area (Å²) in [6.07, 6.45) is 12.1. The molecule has 0 saturated carbocycles. The summed E-state index contributed by atoms with van der Waals surface area (Å²) in [6, 6.07) is 8.94. The molecule has 1 aromatic carbocycles. The van der Waals surface area contributed by atoms with Crippen molar-refractivity contribution in [3.8, 4) is 0 Å². The number of allylic oxidation sites excluding steroid dienone is 5. The maximum absolute atomic E-state index is 13.1. The molecule has 5 atom stereocenters. The van der Waals surface area contributed by atoms with Gasteiger partial charge in [-0.1, -0.05) is 78.9 Å². The van der Waals surface area contributed by atoms with Gasteiger partial charge < -0.3 is 24.8 Å². The maximum Gasteiger partial charge on any atom is 0.410 e. The predicted molar refractivity (Wildman–Crippen MR) is 151 cm³/mol. The van der Waals surface area contributed by atoms with Gasteiger partial charge in [0.25, 0.3) is 5.24 Å². The van der Waals surface area contributed by atoms with Crippen molar-refractivity contribution in [1.29, 1.82) is 0 Å². The van der Waals surface area contributed by atoms with E-state index in [4.69, 9.17) is 14.2 Å². The Balaban J connectivity index is 1.57. The molecule has 0 radical (unpaired) electrons. The molecule has 0 aliphatic carbocycles. The van der Waals surface area contributed by atoms with Gasteiger partial charge in [0.15, 0.2) is 0 Å². The number of rotatable bonds is 4. The van der Waals surface area contributed by atoms with Gasteiger partial charge >= 0.3 is 12.1 Å². The molecule has 3 aliphatic heterocycles. The summed E-state index contributed by atoms with van der Waals surface area (Å²) in [5, 5.41) is 5.50. The van der Waals surface area contributed by atoms with Gasteiger partial charge in [0, 0.05) is 24.8 Å². The van der Waals surface area contributed by atoms with Crippen molar-refractivity contribution < 1.29 is 28.6 Å². The molecule has 3 aliphatic rings. The van der Waals surface area contributed by atoms with Crippen molar-refractivity contribution in [3.63, 3.8) is 0 Å². The Morgan fingerprint density at radius 1 is 1.18 bits per heavy atom. The first-order valence-corrected chi connectivity index (χ1v) is 14.6. The number of carbonyl (C=O) groups excluding carboxylic acids is 3. The van der Waals surface area contributed by atoms with Crippen LogP contribution >= 0.6 is 11.8 Å². The Labute approximate surface area is 234 Å². The van der Waals surface area contributed by atoms with Crippen molar-refractivity contribution in [2.75, 3.05) is 5.75 Å². The minimum atomic E-state index is -1.47. The van der Waals surface area contributed by atoms with Crippen LogP contribution in [0.4, 0.5) is 9.59 Å². The summed E-state index contributed by atoms with van der Waals surface area (Å²) >= 11 is 1.12. The minimum absolute atomic E-state index is 0.130. The van der Waals surface area contributed by atoms with Crippen molar-refractivity contribution in [3.05, 3.63) is 71.8 Å². The molecule has 210 valence electrons. The SMILES string of the molecule is C/C1=C/C(=O)O[C@@H]2C[C@@H](CC[C@H](C)/C=C\C=C\CC1)O[C@](OC(=O)NCc1ccccc1)([C@@H]1CSC(=O)N1)C2. The average Bonchev–Trinajstić information content (AvgIpc) is 3.35. The van der Waals surface area contributed by atoms with E-state index in [-0.39, 0.29) is 24.3 Å². The second-order valence-electron chi connectivity index (χ2n) is 10.5. The molecule has 39 heavy (non-hydrogen) atoms. The number of fused-ring (bicyclic) bond motifs is 2. The van der Waals surface area contributed by atoms with E-state index in [2.05, 4.69) is 35.8 Å². The minimum Gasteiger partial charge on any atom is -0.459 e. The first kappa shape index (κ1) is 29.0. The first-order chi connectivity index (χ1) is 18.8. The molecule has 2 saturated heterocycles. The lowest BCUT2D eigenvalue weighted by atomic mass is 9.90. The van der Waals surface area contributed by atoms with E-state index in [0.717, 1.165) is 42.2 Å². The summed E-state index contributed by atoms with van der Waals surface area (Å²) in [4.78, 5) is 38.1. The fraction of sp³-hybridized carbons (Fsp3) is 0.500. The zero-order chi connectivity index (χ0) is 27.7. The summed E-state index contributed by atoms with van der Waals surface area (Å²) < 4.78 is 18.5. The Morgan fingerprint density at radius 2 is 2.00 bits per heavy atom. The molecule has 2 amide bonds. The highest BCUT2D eigenvalue weighted by molar-refractivity contribution is 8.14. The molecule has 4 rings (SSSR count). The highest BCUT2D eigenvalue weighted by Gasteiger charge is 2.54. The second-order valence-corrected chi connectivity index (χ2v) is 11.5. The van der Waals surface area contributed by atoms with E-state index >= 15 is 0 Å². The molecule has 1 aromatic rings. The van der Waals surface area contributed by atoms with Gasteiger partial charge in [0.05, 0.1) is 12.5 Å². The maximum atomic E-state index is 13.1. The Bertz CT molecular complexity index is 1100. The molecule has 8 nitrogen and oxygen atoms in total. The largest absolute Gasteiger partial charge is 0.459 e. The van der Waals surface area contributed by atoms with E-state index in [1.54, 1.807) is 0 Å². The fourth-order valence-electron chi connectivity index (χ4n) is 5.04. The van der Waals surface area contributed by atoms with Crippen LogP contribution in [0, 0.1) is 5.92 Å².